The average molecular weight is 202 g/mol. The van der Waals surface area contributed by atoms with Gasteiger partial charge in [0.1, 0.15) is 11.5 Å². The van der Waals surface area contributed by atoms with Gasteiger partial charge in [0.25, 0.3) is 0 Å². The number of Topliss-reactive ketones (excluding diaryl/α,β-unsaturated/α-hetero) is 1. The lowest BCUT2D eigenvalue weighted by molar-refractivity contribution is -0.116. The van der Waals surface area contributed by atoms with Gasteiger partial charge in [-0.15, -0.1) is 11.8 Å². The Morgan fingerprint density at radius 1 is 1.38 bits per heavy atom. The predicted molar refractivity (Wildman–Crippen MR) is 52.0 cm³/mol. The van der Waals surface area contributed by atoms with Gasteiger partial charge in [-0.3, -0.25) is 4.79 Å². The van der Waals surface area contributed by atoms with Crippen LogP contribution < -0.4 is 0 Å². The van der Waals surface area contributed by atoms with E-state index >= 15 is 0 Å². The molecule has 74 valence electrons. The van der Waals surface area contributed by atoms with Gasteiger partial charge in [0, 0.05) is 19.1 Å². The Morgan fingerprint density at radius 3 is 2.46 bits per heavy atom. The fourth-order valence-electron chi connectivity index (χ4n) is 0.864. The van der Waals surface area contributed by atoms with Crippen molar-refractivity contribution in [3.05, 3.63) is 0 Å². The topological polar surface area (TPSA) is 51.2 Å². The summed E-state index contributed by atoms with van der Waals surface area (Å²) in [5, 5.41) is 0. The van der Waals surface area contributed by atoms with Gasteiger partial charge in [0.05, 0.1) is 0 Å². The van der Waals surface area contributed by atoms with Crippen molar-refractivity contribution in [2.75, 3.05) is 12.0 Å². The van der Waals surface area contributed by atoms with Gasteiger partial charge in [-0.1, -0.05) is 0 Å². The van der Waals surface area contributed by atoms with Gasteiger partial charge >= 0.3 is 0 Å². The highest BCUT2D eigenvalue weighted by molar-refractivity contribution is 7.91. The second kappa shape index (κ2) is 5.76. The van der Waals surface area contributed by atoms with Gasteiger partial charge in [-0.2, -0.15) is 0 Å². The highest BCUT2D eigenvalue weighted by Crippen LogP contribution is 1.97. The molecule has 0 saturated heterocycles. The van der Waals surface area contributed by atoms with E-state index in [4.69, 9.17) is 0 Å². The molecular formula is C9H14O3S. The third-order valence-electron chi connectivity index (χ3n) is 1.36. The van der Waals surface area contributed by atoms with Crippen LogP contribution in [0, 0.1) is 11.8 Å². The highest BCUT2D eigenvalue weighted by atomic mass is 32.2. The molecule has 0 aliphatic heterocycles. The molecule has 0 aromatic carbocycles. The Kier molecular flexibility index (Phi) is 5.40. The number of sulfone groups is 1. The molecule has 0 amide bonds. The standard InChI is InChI=1S/C9H14O3S/c1-3-4-5-6-7-9(10)8-13(2,11)12/h5-8H2,1-2H3. The van der Waals surface area contributed by atoms with Crippen LogP contribution in [0.4, 0.5) is 0 Å². The maximum atomic E-state index is 11.0. The van der Waals surface area contributed by atoms with Gasteiger partial charge < -0.3 is 0 Å². The zero-order chi connectivity index (χ0) is 10.3. The summed E-state index contributed by atoms with van der Waals surface area (Å²) in [6.07, 6.45) is 2.68. The molecule has 0 atom stereocenters. The Bertz CT molecular complexity index is 317. The first kappa shape index (κ1) is 12.2. The lowest BCUT2D eigenvalue weighted by Gasteiger charge is -1.96. The first-order valence-corrected chi connectivity index (χ1v) is 6.11. The molecule has 0 unspecified atom stereocenters. The van der Waals surface area contributed by atoms with E-state index in [1.54, 1.807) is 6.92 Å². The summed E-state index contributed by atoms with van der Waals surface area (Å²) < 4.78 is 21.4. The minimum atomic E-state index is -3.15. The molecule has 13 heavy (non-hydrogen) atoms. The zero-order valence-corrected chi connectivity index (χ0v) is 8.78. The van der Waals surface area contributed by atoms with Crippen molar-refractivity contribution >= 4 is 15.6 Å². The van der Waals surface area contributed by atoms with Crippen LogP contribution in [0.5, 0.6) is 0 Å². The van der Waals surface area contributed by atoms with E-state index in [2.05, 4.69) is 11.8 Å². The second-order valence-corrected chi connectivity index (χ2v) is 5.03. The van der Waals surface area contributed by atoms with Crippen LogP contribution in [0.2, 0.25) is 0 Å². The largest absolute Gasteiger partial charge is 0.299 e. The number of rotatable bonds is 5. The SMILES string of the molecule is CC#CCCCC(=O)CS(C)(=O)=O. The van der Waals surface area contributed by atoms with E-state index in [-0.39, 0.29) is 11.5 Å². The van der Waals surface area contributed by atoms with E-state index in [9.17, 15) is 13.2 Å². The number of ketones is 1. The molecule has 4 heteroatoms. The Hall–Kier alpha value is -0.820. The van der Waals surface area contributed by atoms with E-state index in [1.165, 1.54) is 0 Å². The molecule has 0 heterocycles. The number of carbonyl (C=O) groups excluding carboxylic acids is 1. The zero-order valence-electron chi connectivity index (χ0n) is 7.96. The van der Waals surface area contributed by atoms with Crippen LogP contribution in [0.15, 0.2) is 0 Å². The average Bonchev–Trinajstić information content (AvgIpc) is 1.94. The number of unbranched alkanes of at least 4 members (excludes halogenated alkanes) is 1. The van der Waals surface area contributed by atoms with E-state index < -0.39 is 9.84 Å². The fourth-order valence-corrected chi connectivity index (χ4v) is 1.59. The Morgan fingerprint density at radius 2 is 2.00 bits per heavy atom. The first-order chi connectivity index (χ1) is 5.95. The van der Waals surface area contributed by atoms with Crippen molar-refractivity contribution < 1.29 is 13.2 Å². The van der Waals surface area contributed by atoms with Crippen LogP contribution in [0.3, 0.4) is 0 Å². The van der Waals surface area contributed by atoms with Crippen LogP contribution in [0.1, 0.15) is 26.2 Å². The van der Waals surface area contributed by atoms with Crippen molar-refractivity contribution in [1.29, 1.82) is 0 Å². The van der Waals surface area contributed by atoms with Crippen molar-refractivity contribution in [1.82, 2.24) is 0 Å². The van der Waals surface area contributed by atoms with Crippen molar-refractivity contribution in [2.45, 2.75) is 26.2 Å². The van der Waals surface area contributed by atoms with Gasteiger partial charge in [0.2, 0.25) is 0 Å². The number of hydrogen-bond donors (Lipinski definition) is 0. The highest BCUT2D eigenvalue weighted by Gasteiger charge is 2.09. The summed E-state index contributed by atoms with van der Waals surface area (Å²) in [5.74, 6) is 4.96. The molecular weight excluding hydrogens is 188 g/mol. The lowest BCUT2D eigenvalue weighted by atomic mass is 10.2. The minimum Gasteiger partial charge on any atom is -0.299 e. The summed E-state index contributed by atoms with van der Waals surface area (Å²) in [4.78, 5) is 11.0. The van der Waals surface area contributed by atoms with Gasteiger partial charge in [-0.05, 0) is 13.3 Å². The smallest absolute Gasteiger partial charge is 0.154 e. The van der Waals surface area contributed by atoms with Crippen molar-refractivity contribution in [3.63, 3.8) is 0 Å². The van der Waals surface area contributed by atoms with Crippen LogP contribution in [0.25, 0.3) is 0 Å². The molecule has 0 aliphatic carbocycles. The normalized spacial score (nSPS) is 10.3. The summed E-state index contributed by atoms with van der Waals surface area (Å²) in [5.41, 5.74) is 0. The Balaban J connectivity index is 3.69. The minimum absolute atomic E-state index is 0.222. The van der Waals surface area contributed by atoms with E-state index in [1.807, 2.05) is 0 Å². The third kappa shape index (κ3) is 9.09. The number of hydrogen-bond acceptors (Lipinski definition) is 3. The van der Waals surface area contributed by atoms with Crippen LogP contribution in [-0.2, 0) is 14.6 Å². The molecule has 0 aliphatic rings. The summed E-state index contributed by atoms with van der Waals surface area (Å²) in [6, 6.07) is 0. The molecule has 0 aromatic rings. The third-order valence-corrected chi connectivity index (χ3v) is 2.20. The molecule has 0 rings (SSSR count). The molecule has 0 bridgehead atoms. The monoisotopic (exact) mass is 202 g/mol. The quantitative estimate of drug-likeness (QED) is 0.489. The molecule has 0 spiro atoms. The maximum absolute atomic E-state index is 11.0. The van der Waals surface area contributed by atoms with Crippen LogP contribution >= 0.6 is 0 Å². The van der Waals surface area contributed by atoms with Crippen LogP contribution in [-0.4, -0.2) is 26.2 Å². The lowest BCUT2D eigenvalue weighted by Crippen LogP contribution is -2.13. The van der Waals surface area contributed by atoms with Gasteiger partial charge in [-0.25, -0.2) is 8.42 Å². The Labute approximate surface area is 79.4 Å². The summed E-state index contributed by atoms with van der Waals surface area (Å²) in [6.45, 7) is 1.73. The molecule has 0 aromatic heterocycles. The predicted octanol–water partition coefficient (Wildman–Crippen LogP) is 0.794. The first-order valence-electron chi connectivity index (χ1n) is 4.05. The maximum Gasteiger partial charge on any atom is 0.154 e. The van der Waals surface area contributed by atoms with Gasteiger partial charge in [0.15, 0.2) is 9.84 Å². The molecule has 0 radical (unpaired) electrons. The van der Waals surface area contributed by atoms with Crippen molar-refractivity contribution in [2.24, 2.45) is 0 Å². The number of carbonyl (C=O) groups is 1. The molecule has 0 saturated carbocycles. The summed E-state index contributed by atoms with van der Waals surface area (Å²) in [7, 11) is -3.15. The van der Waals surface area contributed by atoms with E-state index in [0.29, 0.717) is 19.3 Å². The molecule has 3 nitrogen and oxygen atoms in total. The summed E-state index contributed by atoms with van der Waals surface area (Å²) >= 11 is 0. The van der Waals surface area contributed by atoms with Crippen molar-refractivity contribution in [3.8, 4) is 11.8 Å². The second-order valence-electron chi connectivity index (χ2n) is 2.89. The fraction of sp³-hybridized carbons (Fsp3) is 0.667. The van der Waals surface area contributed by atoms with E-state index in [0.717, 1.165) is 6.26 Å². The molecule has 0 N–H and O–H groups in total. The molecule has 0 fully saturated rings.